The minimum absolute atomic E-state index is 0.00622. The Morgan fingerprint density at radius 3 is 2.35 bits per heavy atom. The lowest BCUT2D eigenvalue weighted by molar-refractivity contribution is 0.105. The van der Waals surface area contributed by atoms with E-state index >= 15 is 0 Å². The molecule has 1 saturated heterocycles. The molecule has 0 radical (unpaired) electrons. The van der Waals surface area contributed by atoms with Crippen molar-refractivity contribution in [1.29, 1.82) is 0 Å². The van der Waals surface area contributed by atoms with Crippen LogP contribution in [-0.4, -0.2) is 55.7 Å². The summed E-state index contributed by atoms with van der Waals surface area (Å²) < 4.78 is 1.57. The number of hydrogen-bond donors (Lipinski definition) is 1. The molecule has 2 aromatic heterocycles. The lowest BCUT2D eigenvalue weighted by atomic mass is 10.0. The van der Waals surface area contributed by atoms with E-state index in [-0.39, 0.29) is 11.9 Å². The van der Waals surface area contributed by atoms with Gasteiger partial charge in [-0.2, -0.15) is 4.52 Å². The number of hydrogen-bond acceptors (Lipinski definition) is 6. The number of thiazole rings is 1. The molecule has 31 heavy (non-hydrogen) atoms. The predicted molar refractivity (Wildman–Crippen MR) is 124 cm³/mol. The molecule has 3 heterocycles. The fourth-order valence-electron chi connectivity index (χ4n) is 4.32. The van der Waals surface area contributed by atoms with Crippen LogP contribution in [0.5, 0.6) is 5.88 Å². The molecule has 0 amide bonds. The molecule has 0 bridgehead atoms. The third-order valence-corrected chi connectivity index (χ3v) is 7.04. The van der Waals surface area contributed by atoms with Crippen molar-refractivity contribution in [3.63, 3.8) is 0 Å². The van der Waals surface area contributed by atoms with E-state index in [1.54, 1.807) is 4.52 Å². The number of aromatic hydroxyl groups is 1. The van der Waals surface area contributed by atoms with Crippen LogP contribution >= 0.6 is 11.3 Å². The van der Waals surface area contributed by atoms with Crippen molar-refractivity contribution in [1.82, 2.24) is 24.4 Å². The van der Waals surface area contributed by atoms with Gasteiger partial charge in [0.25, 0.3) is 0 Å². The maximum Gasteiger partial charge on any atom is 0.230 e. The second-order valence-corrected chi connectivity index (χ2v) is 9.26. The predicted octanol–water partition coefficient (Wildman–Crippen LogP) is 4.02. The number of piperazine rings is 1. The van der Waals surface area contributed by atoms with E-state index in [0.29, 0.717) is 5.82 Å². The fraction of sp³-hybridized carbons (Fsp3) is 0.333. The molecule has 0 spiro atoms. The van der Waals surface area contributed by atoms with Crippen LogP contribution in [0.2, 0.25) is 0 Å². The van der Waals surface area contributed by atoms with Gasteiger partial charge in [0.1, 0.15) is 5.82 Å². The second-order valence-electron chi connectivity index (χ2n) is 8.25. The number of aromatic nitrogens is 3. The number of nitrogens with zero attached hydrogens (tertiary/aromatic N) is 5. The average Bonchev–Trinajstić information content (AvgIpc) is 3.29. The molecule has 7 heteroatoms. The molecule has 4 aromatic rings. The summed E-state index contributed by atoms with van der Waals surface area (Å²) in [5.41, 5.74) is 3.78. The first kappa shape index (κ1) is 20.2. The Labute approximate surface area is 186 Å². The van der Waals surface area contributed by atoms with E-state index in [2.05, 4.69) is 81.4 Å². The Hall–Kier alpha value is -2.74. The van der Waals surface area contributed by atoms with Crippen molar-refractivity contribution < 1.29 is 5.11 Å². The van der Waals surface area contributed by atoms with Crippen LogP contribution in [0, 0.1) is 13.8 Å². The molecule has 1 atom stereocenters. The first-order valence-electron chi connectivity index (χ1n) is 10.7. The molecule has 6 nitrogen and oxygen atoms in total. The summed E-state index contributed by atoms with van der Waals surface area (Å²) in [5.74, 6) is 0.882. The SMILES string of the molecule is Cc1ccc([C@@H](c2sc3nc(C)nn3c2O)N2CCN(Cc3ccccc3)CC2)cc1. The normalized spacial score (nSPS) is 16.7. The third kappa shape index (κ3) is 4.08. The van der Waals surface area contributed by atoms with Crippen LogP contribution in [-0.2, 0) is 6.54 Å². The standard InChI is InChI=1S/C24H27N5OS/c1-17-8-10-20(11-9-17)21(22-23(30)29-24(31-22)25-18(2)26-29)28-14-12-27(13-15-28)16-19-6-4-3-5-7-19/h3-11,21,30H,12-16H2,1-2H3/t21-/m0/s1. The highest BCUT2D eigenvalue weighted by molar-refractivity contribution is 7.17. The van der Waals surface area contributed by atoms with Crippen molar-refractivity contribution in [3.8, 4) is 5.88 Å². The first-order valence-corrected chi connectivity index (χ1v) is 11.5. The van der Waals surface area contributed by atoms with Gasteiger partial charge in [0.05, 0.1) is 10.9 Å². The Kier molecular flexibility index (Phi) is 5.48. The average molecular weight is 434 g/mol. The van der Waals surface area contributed by atoms with Crippen molar-refractivity contribution in [2.75, 3.05) is 26.2 Å². The number of aryl methyl sites for hydroxylation is 2. The lowest BCUT2D eigenvalue weighted by Crippen LogP contribution is -2.47. The topological polar surface area (TPSA) is 56.9 Å². The van der Waals surface area contributed by atoms with Crippen LogP contribution in [0.15, 0.2) is 54.6 Å². The summed E-state index contributed by atoms with van der Waals surface area (Å²) in [7, 11) is 0. The smallest absolute Gasteiger partial charge is 0.230 e. The van der Waals surface area contributed by atoms with Crippen LogP contribution in [0.3, 0.4) is 0 Å². The van der Waals surface area contributed by atoms with Crippen molar-refractivity contribution in [2.45, 2.75) is 26.4 Å². The van der Waals surface area contributed by atoms with Crippen LogP contribution < -0.4 is 0 Å². The molecule has 0 aliphatic carbocycles. The van der Waals surface area contributed by atoms with Gasteiger partial charge in [-0.05, 0) is 25.0 Å². The summed E-state index contributed by atoms with van der Waals surface area (Å²) >= 11 is 1.53. The summed E-state index contributed by atoms with van der Waals surface area (Å²) in [5, 5.41) is 15.4. The Bertz CT molecular complexity index is 1160. The summed E-state index contributed by atoms with van der Waals surface area (Å²) in [6.07, 6.45) is 0. The van der Waals surface area contributed by atoms with Crippen LogP contribution in [0.25, 0.3) is 4.96 Å². The highest BCUT2D eigenvalue weighted by Crippen LogP contribution is 2.40. The van der Waals surface area contributed by atoms with E-state index in [9.17, 15) is 5.11 Å². The summed E-state index contributed by atoms with van der Waals surface area (Å²) in [6.45, 7) is 8.81. The third-order valence-electron chi connectivity index (χ3n) is 5.97. The highest BCUT2D eigenvalue weighted by atomic mass is 32.1. The Morgan fingerprint density at radius 1 is 0.968 bits per heavy atom. The van der Waals surface area contributed by atoms with Gasteiger partial charge < -0.3 is 5.11 Å². The van der Waals surface area contributed by atoms with E-state index in [1.165, 1.54) is 28.0 Å². The van der Waals surface area contributed by atoms with Gasteiger partial charge >= 0.3 is 0 Å². The monoisotopic (exact) mass is 433 g/mol. The van der Waals surface area contributed by atoms with Crippen molar-refractivity contribution >= 4 is 16.3 Å². The molecule has 1 N–H and O–H groups in total. The van der Waals surface area contributed by atoms with Gasteiger partial charge in [-0.25, -0.2) is 4.98 Å². The quantitative estimate of drug-likeness (QED) is 0.515. The number of rotatable bonds is 5. The van der Waals surface area contributed by atoms with Crippen LogP contribution in [0.4, 0.5) is 0 Å². The van der Waals surface area contributed by atoms with Crippen molar-refractivity contribution in [3.05, 3.63) is 82.0 Å². The molecule has 1 aliphatic heterocycles. The molecular weight excluding hydrogens is 406 g/mol. The van der Waals surface area contributed by atoms with Gasteiger partial charge in [0, 0.05) is 32.7 Å². The zero-order valence-electron chi connectivity index (χ0n) is 17.9. The molecule has 160 valence electrons. The summed E-state index contributed by atoms with van der Waals surface area (Å²) in [4.78, 5) is 11.1. The van der Waals surface area contributed by atoms with Gasteiger partial charge in [-0.15, -0.1) is 5.10 Å². The fourth-order valence-corrected chi connectivity index (χ4v) is 5.49. The number of fused-ring (bicyclic) bond motifs is 1. The Balaban J connectivity index is 1.42. The molecule has 1 fully saturated rings. The second kappa shape index (κ2) is 8.42. The van der Waals surface area contributed by atoms with Gasteiger partial charge in [0.15, 0.2) is 0 Å². The molecule has 0 saturated carbocycles. The van der Waals surface area contributed by atoms with Gasteiger partial charge in [-0.3, -0.25) is 9.80 Å². The van der Waals surface area contributed by atoms with Crippen LogP contribution in [0.1, 0.15) is 33.4 Å². The van der Waals surface area contributed by atoms with E-state index in [4.69, 9.17) is 0 Å². The maximum atomic E-state index is 11.0. The maximum absolute atomic E-state index is 11.0. The van der Waals surface area contributed by atoms with E-state index in [1.807, 2.05) is 6.92 Å². The first-order chi connectivity index (χ1) is 15.1. The zero-order valence-corrected chi connectivity index (χ0v) is 18.7. The van der Waals surface area contributed by atoms with E-state index in [0.717, 1.165) is 42.6 Å². The molecular formula is C24H27N5OS. The summed E-state index contributed by atoms with van der Waals surface area (Å²) in [6, 6.07) is 19.3. The lowest BCUT2D eigenvalue weighted by Gasteiger charge is -2.39. The van der Waals surface area contributed by atoms with Gasteiger partial charge in [-0.1, -0.05) is 71.5 Å². The highest BCUT2D eigenvalue weighted by Gasteiger charge is 2.31. The molecule has 5 rings (SSSR count). The van der Waals surface area contributed by atoms with Crippen molar-refractivity contribution in [2.24, 2.45) is 0 Å². The minimum Gasteiger partial charge on any atom is -0.492 e. The van der Waals surface area contributed by atoms with Gasteiger partial charge in [0.2, 0.25) is 10.8 Å². The largest absolute Gasteiger partial charge is 0.492 e. The zero-order chi connectivity index (χ0) is 21.4. The van der Waals surface area contributed by atoms with E-state index < -0.39 is 0 Å². The molecule has 2 aromatic carbocycles. The Morgan fingerprint density at radius 2 is 1.68 bits per heavy atom. The molecule has 0 unspecified atom stereocenters. The number of benzene rings is 2. The molecule has 1 aliphatic rings. The minimum atomic E-state index is -0.00622.